The molecule has 23 heavy (non-hydrogen) atoms. The monoisotopic (exact) mass is 340 g/mol. The summed E-state index contributed by atoms with van der Waals surface area (Å²) < 4.78 is 37.0. The number of fused-ring (bicyclic) bond motifs is 1. The van der Waals surface area contributed by atoms with E-state index in [9.17, 15) is 22.7 Å². The van der Waals surface area contributed by atoms with E-state index >= 15 is 0 Å². The van der Waals surface area contributed by atoms with E-state index in [1.807, 2.05) is 0 Å². The van der Waals surface area contributed by atoms with Crippen molar-refractivity contribution in [3.05, 3.63) is 46.0 Å². The van der Waals surface area contributed by atoms with Crippen molar-refractivity contribution in [2.24, 2.45) is 0 Å². The van der Waals surface area contributed by atoms with E-state index in [0.29, 0.717) is 5.69 Å². The molecule has 3 rings (SSSR count). The Balaban J connectivity index is 1.90. The van der Waals surface area contributed by atoms with Crippen LogP contribution < -0.4 is 5.43 Å². The van der Waals surface area contributed by atoms with Crippen LogP contribution in [0.4, 0.5) is 4.39 Å². The van der Waals surface area contributed by atoms with E-state index < -0.39 is 27.8 Å². The van der Waals surface area contributed by atoms with Gasteiger partial charge in [-0.3, -0.25) is 9.69 Å². The lowest BCUT2D eigenvalue weighted by Crippen LogP contribution is -2.40. The van der Waals surface area contributed by atoms with E-state index in [-0.39, 0.29) is 34.4 Å². The number of pyridine rings is 1. The third kappa shape index (κ3) is 3.15. The number of nitrogens with one attached hydrogen (secondary N) is 1. The van der Waals surface area contributed by atoms with Gasteiger partial charge in [0, 0.05) is 23.7 Å². The van der Waals surface area contributed by atoms with Crippen LogP contribution >= 0.6 is 0 Å². The summed E-state index contributed by atoms with van der Waals surface area (Å²) in [5.41, 5.74) is 0.288. The van der Waals surface area contributed by atoms with E-state index in [4.69, 9.17) is 0 Å². The molecule has 124 valence electrons. The number of aromatic amines is 1. The molecule has 1 aliphatic rings. The Morgan fingerprint density at radius 3 is 2.78 bits per heavy atom. The summed E-state index contributed by atoms with van der Waals surface area (Å²) in [6.45, 7) is 0.205. The third-order valence-electron chi connectivity index (χ3n) is 4.15. The Kier molecular flexibility index (Phi) is 3.99. The maximum absolute atomic E-state index is 13.8. The van der Waals surface area contributed by atoms with Gasteiger partial charge in [0.05, 0.1) is 29.2 Å². The number of halogens is 1. The van der Waals surface area contributed by atoms with Crippen molar-refractivity contribution in [1.82, 2.24) is 9.88 Å². The molecular weight excluding hydrogens is 323 g/mol. The number of H-pyrrole nitrogens is 1. The molecule has 1 aromatic heterocycles. The average molecular weight is 340 g/mol. The molecular formula is C15H17FN2O4S. The van der Waals surface area contributed by atoms with Crippen molar-refractivity contribution in [2.75, 3.05) is 18.6 Å². The molecule has 2 heterocycles. The minimum atomic E-state index is -3.26. The van der Waals surface area contributed by atoms with Gasteiger partial charge in [-0.1, -0.05) is 6.07 Å². The fourth-order valence-corrected chi connectivity index (χ4v) is 4.87. The number of para-hydroxylation sites is 1. The zero-order valence-corrected chi connectivity index (χ0v) is 13.3. The Morgan fingerprint density at radius 2 is 2.13 bits per heavy atom. The summed E-state index contributed by atoms with van der Waals surface area (Å²) in [6, 6.07) is 5.10. The number of aliphatic hydroxyl groups is 1. The first-order valence-corrected chi connectivity index (χ1v) is 8.98. The van der Waals surface area contributed by atoms with Gasteiger partial charge in [-0.25, -0.2) is 12.8 Å². The summed E-state index contributed by atoms with van der Waals surface area (Å²) in [6.07, 6.45) is -0.964. The number of hydrogen-bond acceptors (Lipinski definition) is 5. The largest absolute Gasteiger partial charge is 0.390 e. The van der Waals surface area contributed by atoms with Gasteiger partial charge in [0.15, 0.2) is 15.3 Å². The Morgan fingerprint density at radius 1 is 1.39 bits per heavy atom. The van der Waals surface area contributed by atoms with Crippen LogP contribution in [0.5, 0.6) is 0 Å². The number of aliphatic hydroxyl groups excluding tert-OH is 1. The summed E-state index contributed by atoms with van der Waals surface area (Å²) in [5, 5.41) is 10.2. The first-order valence-electron chi connectivity index (χ1n) is 7.16. The molecule has 0 spiro atoms. The molecule has 2 N–H and O–H groups in total. The number of likely N-dealkylation sites (N-methyl/N-ethyl adjacent to an activating group) is 1. The van der Waals surface area contributed by atoms with Crippen molar-refractivity contribution in [1.29, 1.82) is 0 Å². The molecule has 2 atom stereocenters. The van der Waals surface area contributed by atoms with E-state index in [0.717, 1.165) is 0 Å². The van der Waals surface area contributed by atoms with Crippen LogP contribution in [0.15, 0.2) is 29.1 Å². The highest BCUT2D eigenvalue weighted by molar-refractivity contribution is 7.91. The zero-order chi connectivity index (χ0) is 16.8. The molecule has 0 bridgehead atoms. The minimum Gasteiger partial charge on any atom is -0.390 e. The van der Waals surface area contributed by atoms with Crippen LogP contribution in [0.3, 0.4) is 0 Å². The second-order valence-electron chi connectivity index (χ2n) is 5.95. The number of rotatable bonds is 3. The highest BCUT2D eigenvalue weighted by Crippen LogP contribution is 2.19. The molecule has 1 aliphatic heterocycles. The van der Waals surface area contributed by atoms with Gasteiger partial charge in [0.25, 0.3) is 0 Å². The van der Waals surface area contributed by atoms with Crippen molar-refractivity contribution >= 4 is 20.7 Å². The van der Waals surface area contributed by atoms with Crippen molar-refractivity contribution in [3.8, 4) is 0 Å². The van der Waals surface area contributed by atoms with Gasteiger partial charge in [0.1, 0.15) is 5.82 Å². The number of hydrogen-bond donors (Lipinski definition) is 2. The lowest BCUT2D eigenvalue weighted by Gasteiger charge is -2.25. The molecule has 0 radical (unpaired) electrons. The number of sulfone groups is 1. The fraction of sp³-hybridized carbons (Fsp3) is 0.400. The normalized spacial score (nSPS) is 23.7. The standard InChI is InChI=1S/C15H17FN2O4S/c1-18(12-7-23(21,22)8-14(12)20)6-9-5-13(19)10-3-2-4-11(16)15(10)17-9/h2-5,12,14,20H,6-8H2,1H3,(H,17,19)/t12-,14-/m1/s1. The number of aromatic nitrogens is 1. The van der Waals surface area contributed by atoms with Gasteiger partial charge in [-0.2, -0.15) is 0 Å². The first kappa shape index (κ1) is 16.1. The third-order valence-corrected chi connectivity index (χ3v) is 5.85. The van der Waals surface area contributed by atoms with Crippen molar-refractivity contribution in [2.45, 2.75) is 18.7 Å². The predicted molar refractivity (Wildman–Crippen MR) is 84.4 cm³/mol. The smallest absolute Gasteiger partial charge is 0.189 e. The molecule has 0 unspecified atom stereocenters. The maximum atomic E-state index is 13.8. The molecule has 0 saturated carbocycles. The number of benzene rings is 1. The van der Waals surface area contributed by atoms with Crippen LogP contribution in [-0.2, 0) is 16.4 Å². The van der Waals surface area contributed by atoms with Crippen molar-refractivity contribution < 1.29 is 17.9 Å². The highest BCUT2D eigenvalue weighted by atomic mass is 32.2. The zero-order valence-electron chi connectivity index (χ0n) is 12.5. The molecule has 2 aromatic rings. The molecule has 0 aliphatic carbocycles. The van der Waals surface area contributed by atoms with E-state index in [1.165, 1.54) is 24.3 Å². The lowest BCUT2D eigenvalue weighted by atomic mass is 10.1. The van der Waals surface area contributed by atoms with Gasteiger partial charge >= 0.3 is 0 Å². The van der Waals surface area contributed by atoms with Gasteiger partial charge < -0.3 is 10.1 Å². The predicted octanol–water partition coefficient (Wildman–Crippen LogP) is 0.257. The summed E-state index contributed by atoms with van der Waals surface area (Å²) in [5.74, 6) is -0.908. The quantitative estimate of drug-likeness (QED) is 0.836. The number of nitrogens with zero attached hydrogens (tertiary/aromatic N) is 1. The van der Waals surface area contributed by atoms with Crippen LogP contribution in [0.2, 0.25) is 0 Å². The van der Waals surface area contributed by atoms with E-state index in [2.05, 4.69) is 4.98 Å². The SMILES string of the molecule is CN(Cc1cc(=O)c2cccc(F)c2[nH]1)[C@@H]1CS(=O)(=O)C[C@H]1O. The second kappa shape index (κ2) is 5.70. The van der Waals surface area contributed by atoms with E-state index in [1.54, 1.807) is 11.9 Å². The average Bonchev–Trinajstić information content (AvgIpc) is 2.73. The molecule has 1 saturated heterocycles. The Hall–Kier alpha value is -1.77. The van der Waals surface area contributed by atoms with Gasteiger partial charge in [-0.05, 0) is 19.2 Å². The highest BCUT2D eigenvalue weighted by Gasteiger charge is 2.38. The summed E-state index contributed by atoms with van der Waals surface area (Å²) in [4.78, 5) is 16.6. The van der Waals surface area contributed by atoms with Gasteiger partial charge in [0.2, 0.25) is 0 Å². The Bertz CT molecular complexity index is 909. The molecule has 1 fully saturated rings. The molecule has 6 nitrogen and oxygen atoms in total. The lowest BCUT2D eigenvalue weighted by molar-refractivity contribution is 0.0951. The maximum Gasteiger partial charge on any atom is 0.189 e. The molecule has 8 heteroatoms. The Labute approximate surface area is 132 Å². The van der Waals surface area contributed by atoms with Crippen LogP contribution in [0.1, 0.15) is 5.69 Å². The van der Waals surface area contributed by atoms with Crippen molar-refractivity contribution in [3.63, 3.8) is 0 Å². The molecule has 1 aromatic carbocycles. The minimum absolute atomic E-state index is 0.128. The molecule has 0 amide bonds. The van der Waals surface area contributed by atoms with Crippen LogP contribution in [-0.4, -0.2) is 54.1 Å². The fourth-order valence-electron chi connectivity index (χ4n) is 2.99. The summed E-state index contributed by atoms with van der Waals surface area (Å²) in [7, 11) is -1.59. The topological polar surface area (TPSA) is 90.5 Å². The van der Waals surface area contributed by atoms with Gasteiger partial charge in [-0.15, -0.1) is 0 Å². The van der Waals surface area contributed by atoms with Crippen LogP contribution in [0, 0.1) is 5.82 Å². The first-order chi connectivity index (χ1) is 10.8. The van der Waals surface area contributed by atoms with Crippen LogP contribution in [0.25, 0.3) is 10.9 Å². The summed E-state index contributed by atoms with van der Waals surface area (Å²) >= 11 is 0. The second-order valence-corrected chi connectivity index (χ2v) is 8.10.